The highest BCUT2D eigenvalue weighted by molar-refractivity contribution is 5.93. The number of anilines is 1. The zero-order valence-corrected chi connectivity index (χ0v) is 19.7. The third kappa shape index (κ3) is 4.78. The lowest BCUT2D eigenvalue weighted by Crippen LogP contribution is -2.46. The number of rotatable bonds is 5. The van der Waals surface area contributed by atoms with E-state index in [1.807, 2.05) is 18.2 Å². The fourth-order valence-electron chi connectivity index (χ4n) is 4.95. The second-order valence-electron chi connectivity index (χ2n) is 8.95. The van der Waals surface area contributed by atoms with E-state index in [1.165, 1.54) is 12.3 Å². The summed E-state index contributed by atoms with van der Waals surface area (Å²) in [6.07, 6.45) is 4.41. The Labute approximate surface area is 202 Å². The average Bonchev–Trinajstić information content (AvgIpc) is 3.52. The van der Waals surface area contributed by atoms with Gasteiger partial charge in [-0.2, -0.15) is 0 Å². The van der Waals surface area contributed by atoms with Crippen LogP contribution >= 0.6 is 0 Å². The van der Waals surface area contributed by atoms with Crippen molar-refractivity contribution in [2.75, 3.05) is 31.1 Å². The summed E-state index contributed by atoms with van der Waals surface area (Å²) in [5.74, 6) is 0.221. The summed E-state index contributed by atoms with van der Waals surface area (Å²) in [5, 5.41) is 7.80. The van der Waals surface area contributed by atoms with Crippen LogP contribution in [0, 0.1) is 5.82 Å². The monoisotopic (exact) mass is 480 g/mol. The molecule has 1 aromatic carbocycles. The Kier molecular flexibility index (Phi) is 6.52. The fourth-order valence-corrected chi connectivity index (χ4v) is 4.95. The molecule has 3 aromatic rings. The average molecular weight is 481 g/mol. The second kappa shape index (κ2) is 9.89. The molecule has 4 heterocycles. The minimum atomic E-state index is -0.311. The number of aromatic nitrogens is 3. The number of carbonyl (C=O) groups excluding carboxylic acids is 2. The van der Waals surface area contributed by atoms with Crippen LogP contribution in [-0.4, -0.2) is 63.8 Å². The minimum Gasteiger partial charge on any atom is -0.450 e. The van der Waals surface area contributed by atoms with Crippen molar-refractivity contribution in [3.05, 3.63) is 59.7 Å². The minimum absolute atomic E-state index is 0.0287. The van der Waals surface area contributed by atoms with Crippen molar-refractivity contribution in [2.45, 2.75) is 44.7 Å². The highest BCUT2D eigenvalue weighted by Crippen LogP contribution is 2.35. The van der Waals surface area contributed by atoms with Crippen molar-refractivity contribution in [3.8, 4) is 0 Å². The summed E-state index contributed by atoms with van der Waals surface area (Å²) in [5.41, 5.74) is 1.86. The van der Waals surface area contributed by atoms with Gasteiger partial charge in [-0.3, -0.25) is 4.79 Å². The number of halogens is 1. The molecular weight excluding hydrogens is 451 g/mol. The number of hydrogen-bond acceptors (Lipinski definition) is 6. The lowest BCUT2D eigenvalue weighted by Gasteiger charge is -2.31. The summed E-state index contributed by atoms with van der Waals surface area (Å²) in [6, 6.07) is 10.4. The lowest BCUT2D eigenvalue weighted by molar-refractivity contribution is 0.0855. The standard InChI is InChI=1S/C25H29FN6O3/c1-2-35-25(34)30-13-10-19(11-14-30)28-24(33)21-16-27-22-8-9-23(29-32(21)22)31-12-4-7-20(31)17-5-3-6-18(26)15-17/h3,5-6,8-9,15-16,19-20H,2,4,7,10-14H2,1H3,(H,28,33). The first-order valence-electron chi connectivity index (χ1n) is 12.1. The van der Waals surface area contributed by atoms with Gasteiger partial charge in [0, 0.05) is 25.7 Å². The van der Waals surface area contributed by atoms with E-state index in [9.17, 15) is 14.0 Å². The van der Waals surface area contributed by atoms with Crippen molar-refractivity contribution >= 4 is 23.5 Å². The van der Waals surface area contributed by atoms with E-state index >= 15 is 0 Å². The maximum Gasteiger partial charge on any atom is 0.409 e. The molecule has 9 nitrogen and oxygen atoms in total. The van der Waals surface area contributed by atoms with Crippen LogP contribution in [0.5, 0.6) is 0 Å². The zero-order chi connectivity index (χ0) is 24.4. The van der Waals surface area contributed by atoms with Crippen LogP contribution in [0.3, 0.4) is 0 Å². The molecule has 0 spiro atoms. The topological polar surface area (TPSA) is 92.1 Å². The number of imidazole rings is 1. The van der Waals surface area contributed by atoms with Gasteiger partial charge in [0.1, 0.15) is 11.6 Å². The van der Waals surface area contributed by atoms with Crippen LogP contribution in [0.15, 0.2) is 42.6 Å². The summed E-state index contributed by atoms with van der Waals surface area (Å²) < 4.78 is 20.5. The smallest absolute Gasteiger partial charge is 0.409 e. The van der Waals surface area contributed by atoms with E-state index < -0.39 is 0 Å². The van der Waals surface area contributed by atoms with Crippen molar-refractivity contribution in [1.29, 1.82) is 0 Å². The summed E-state index contributed by atoms with van der Waals surface area (Å²) in [4.78, 5) is 33.2. The van der Waals surface area contributed by atoms with Crippen LogP contribution < -0.4 is 10.2 Å². The predicted molar refractivity (Wildman–Crippen MR) is 128 cm³/mol. The maximum absolute atomic E-state index is 13.8. The van der Waals surface area contributed by atoms with E-state index in [0.29, 0.717) is 43.9 Å². The van der Waals surface area contributed by atoms with E-state index in [-0.39, 0.29) is 29.9 Å². The number of nitrogens with one attached hydrogen (secondary N) is 1. The first-order valence-corrected chi connectivity index (χ1v) is 12.1. The Morgan fingerprint density at radius 2 is 1.97 bits per heavy atom. The van der Waals surface area contributed by atoms with Crippen LogP contribution in [0.1, 0.15) is 54.7 Å². The van der Waals surface area contributed by atoms with Gasteiger partial charge in [-0.15, -0.1) is 5.10 Å². The Balaban J connectivity index is 1.31. The molecule has 2 fully saturated rings. The van der Waals surface area contributed by atoms with Gasteiger partial charge in [0.2, 0.25) is 0 Å². The molecule has 10 heteroatoms. The van der Waals surface area contributed by atoms with Crippen LogP contribution in [-0.2, 0) is 4.74 Å². The van der Waals surface area contributed by atoms with Crippen LogP contribution in [0.25, 0.3) is 5.65 Å². The lowest BCUT2D eigenvalue weighted by atomic mass is 10.0. The van der Waals surface area contributed by atoms with Crippen LogP contribution in [0.2, 0.25) is 0 Å². The highest BCUT2D eigenvalue weighted by atomic mass is 19.1. The van der Waals surface area contributed by atoms with Gasteiger partial charge in [0.25, 0.3) is 5.91 Å². The Morgan fingerprint density at radius 1 is 1.14 bits per heavy atom. The fraction of sp³-hybridized carbons (Fsp3) is 0.440. The summed E-state index contributed by atoms with van der Waals surface area (Å²) in [6.45, 7) is 4.01. The Bertz CT molecular complexity index is 1220. The molecule has 2 aliphatic rings. The molecule has 0 aliphatic carbocycles. The first-order chi connectivity index (χ1) is 17.0. The number of piperidine rings is 1. The molecule has 2 aromatic heterocycles. The first kappa shape index (κ1) is 23.1. The van der Waals surface area contributed by atoms with Crippen molar-refractivity contribution in [1.82, 2.24) is 24.8 Å². The Hall–Kier alpha value is -3.69. The largest absolute Gasteiger partial charge is 0.450 e. The van der Waals surface area contributed by atoms with Gasteiger partial charge in [0.15, 0.2) is 11.3 Å². The number of hydrogen-bond donors (Lipinski definition) is 1. The number of likely N-dealkylation sites (tertiary alicyclic amines) is 1. The molecule has 5 rings (SSSR count). The number of ether oxygens (including phenoxy) is 1. The van der Waals surface area contributed by atoms with Gasteiger partial charge < -0.3 is 19.9 Å². The molecule has 184 valence electrons. The molecule has 35 heavy (non-hydrogen) atoms. The van der Waals surface area contributed by atoms with Crippen molar-refractivity contribution < 1.29 is 18.7 Å². The van der Waals surface area contributed by atoms with E-state index in [0.717, 1.165) is 30.8 Å². The molecule has 1 N–H and O–H groups in total. The molecular formula is C25H29FN6O3. The van der Waals surface area contributed by atoms with E-state index in [1.54, 1.807) is 28.5 Å². The van der Waals surface area contributed by atoms with Gasteiger partial charge in [-0.1, -0.05) is 12.1 Å². The Morgan fingerprint density at radius 3 is 2.74 bits per heavy atom. The van der Waals surface area contributed by atoms with Gasteiger partial charge >= 0.3 is 6.09 Å². The van der Waals surface area contributed by atoms with Crippen molar-refractivity contribution in [2.24, 2.45) is 0 Å². The van der Waals surface area contributed by atoms with Crippen molar-refractivity contribution in [3.63, 3.8) is 0 Å². The number of benzene rings is 1. The van der Waals surface area contributed by atoms with Crippen LogP contribution in [0.4, 0.5) is 15.0 Å². The molecule has 2 aliphatic heterocycles. The quantitative estimate of drug-likeness (QED) is 0.600. The highest BCUT2D eigenvalue weighted by Gasteiger charge is 2.29. The number of carbonyl (C=O) groups is 2. The van der Waals surface area contributed by atoms with Gasteiger partial charge in [-0.05, 0) is 62.4 Å². The summed E-state index contributed by atoms with van der Waals surface area (Å²) >= 11 is 0. The van der Waals surface area contributed by atoms with E-state index in [2.05, 4.69) is 15.2 Å². The number of nitrogens with zero attached hydrogens (tertiary/aromatic N) is 5. The molecule has 2 saturated heterocycles. The summed E-state index contributed by atoms with van der Waals surface area (Å²) in [7, 11) is 0. The third-order valence-electron chi connectivity index (χ3n) is 6.72. The van der Waals surface area contributed by atoms with E-state index in [4.69, 9.17) is 9.84 Å². The molecule has 2 amide bonds. The number of amides is 2. The van der Waals surface area contributed by atoms with Gasteiger partial charge in [-0.25, -0.2) is 18.7 Å². The second-order valence-corrected chi connectivity index (χ2v) is 8.95. The normalized spacial score (nSPS) is 18.7. The molecule has 0 radical (unpaired) electrons. The number of fused-ring (bicyclic) bond motifs is 1. The maximum atomic E-state index is 13.8. The molecule has 0 bridgehead atoms. The van der Waals surface area contributed by atoms with Gasteiger partial charge in [0.05, 0.1) is 18.8 Å². The third-order valence-corrected chi connectivity index (χ3v) is 6.72. The predicted octanol–water partition coefficient (Wildman–Crippen LogP) is 3.56. The molecule has 1 atom stereocenters. The molecule has 0 saturated carbocycles. The SMILES string of the molecule is CCOC(=O)N1CCC(NC(=O)c2cnc3ccc(N4CCCC4c4cccc(F)c4)nn23)CC1. The molecule has 1 unspecified atom stereocenters. The zero-order valence-electron chi connectivity index (χ0n) is 19.7.